The van der Waals surface area contributed by atoms with Gasteiger partial charge in [-0.15, -0.1) is 0 Å². The van der Waals surface area contributed by atoms with Gasteiger partial charge in [0.15, 0.2) is 0 Å². The fourth-order valence-electron chi connectivity index (χ4n) is 1.16. The quantitative estimate of drug-likeness (QED) is 0.338. The van der Waals surface area contributed by atoms with E-state index in [4.69, 9.17) is 9.84 Å². The molecule has 0 bridgehead atoms. The fraction of sp³-hybridized carbons (Fsp3) is 0.857. The Morgan fingerprint density at radius 2 is 2.50 bits per heavy atom. The van der Waals surface area contributed by atoms with E-state index < -0.39 is 0 Å². The smallest absolute Gasteiger partial charge is 1.00 e. The van der Waals surface area contributed by atoms with Crippen molar-refractivity contribution in [3.05, 3.63) is 0 Å². The third kappa shape index (κ3) is 2.30. The zero-order valence-electron chi connectivity index (χ0n) is 8.12. The van der Waals surface area contributed by atoms with Crippen LogP contribution in [-0.2, 0) is 9.53 Å². The largest absolute Gasteiger partial charge is 1.00 e. The van der Waals surface area contributed by atoms with Gasteiger partial charge in [-0.3, -0.25) is 0 Å². The van der Waals surface area contributed by atoms with E-state index in [2.05, 4.69) is 15.9 Å². The average molecular weight is 247 g/mol. The molecule has 1 aliphatic rings. The summed E-state index contributed by atoms with van der Waals surface area (Å²) in [6.45, 7) is 0.629. The fourth-order valence-corrected chi connectivity index (χ4v) is 1.86. The summed E-state index contributed by atoms with van der Waals surface area (Å²) in [5, 5.41) is 9.70. The first-order valence-electron chi connectivity index (χ1n) is 3.51. The normalized spacial score (nSPS) is 33.3. The van der Waals surface area contributed by atoms with E-state index in [1.165, 1.54) is 0 Å². The first-order valence-corrected chi connectivity index (χ1v) is 4.63. The van der Waals surface area contributed by atoms with E-state index >= 15 is 0 Å². The minimum absolute atomic E-state index is 0. The number of aldehydes is 1. The van der Waals surface area contributed by atoms with Crippen molar-refractivity contribution in [1.82, 2.24) is 0 Å². The summed E-state index contributed by atoms with van der Waals surface area (Å²) in [4.78, 5) is 10.2. The molecule has 0 saturated carbocycles. The summed E-state index contributed by atoms with van der Waals surface area (Å²) < 4.78 is 5.15. The van der Waals surface area contributed by atoms with E-state index in [9.17, 15) is 4.79 Å². The maximum atomic E-state index is 10.2. The van der Waals surface area contributed by atoms with Crippen molar-refractivity contribution in [2.45, 2.75) is 12.5 Å². The van der Waals surface area contributed by atoms with Crippen LogP contribution in [-0.4, -0.2) is 36.0 Å². The number of carbonyl (C=O) groups is 1. The van der Waals surface area contributed by atoms with E-state index in [0.29, 0.717) is 18.4 Å². The first kappa shape index (κ1) is 13.1. The maximum Gasteiger partial charge on any atom is 1.00 e. The predicted octanol–water partition coefficient (Wildman–Crippen LogP) is -2.54. The number of ether oxygens (including phenoxy) is 1. The van der Waals surface area contributed by atoms with Crippen LogP contribution in [0.15, 0.2) is 0 Å². The molecule has 2 atom stereocenters. The van der Waals surface area contributed by atoms with Crippen LogP contribution in [0.5, 0.6) is 0 Å². The Balaban J connectivity index is 0. The van der Waals surface area contributed by atoms with Crippen molar-refractivity contribution in [3.8, 4) is 0 Å². The van der Waals surface area contributed by atoms with Crippen molar-refractivity contribution in [1.29, 1.82) is 0 Å². The van der Waals surface area contributed by atoms with Gasteiger partial charge in [0, 0.05) is 11.8 Å². The van der Waals surface area contributed by atoms with Gasteiger partial charge in [0.05, 0.1) is 24.7 Å². The number of halogens is 1. The van der Waals surface area contributed by atoms with Crippen LogP contribution in [0, 0.1) is 5.41 Å². The van der Waals surface area contributed by atoms with Crippen LogP contribution < -0.4 is 29.6 Å². The van der Waals surface area contributed by atoms with Crippen LogP contribution in [0.2, 0.25) is 0 Å². The topological polar surface area (TPSA) is 46.5 Å². The summed E-state index contributed by atoms with van der Waals surface area (Å²) in [7, 11) is 0. The molecule has 1 fully saturated rings. The van der Waals surface area contributed by atoms with Gasteiger partial charge in [-0.2, -0.15) is 0 Å². The van der Waals surface area contributed by atoms with Crippen LogP contribution in [0.1, 0.15) is 7.85 Å². The molecule has 1 aliphatic heterocycles. The summed E-state index contributed by atoms with van der Waals surface area (Å²) in [6.07, 6.45) is 1.12. The number of rotatable bonds is 4. The second kappa shape index (κ2) is 5.73. The molecule has 0 aromatic heterocycles. The molecule has 5 heteroatoms. The molecule has 0 aliphatic carbocycles. The zero-order valence-corrected chi connectivity index (χ0v) is 10.7. The number of hydrogen-bond acceptors (Lipinski definition) is 3. The second-order valence-corrected chi connectivity index (χ2v) is 3.42. The third-order valence-electron chi connectivity index (χ3n) is 2.15. The van der Waals surface area contributed by atoms with E-state index in [1.807, 2.05) is 0 Å². The molecule has 0 aromatic carbocycles. The molecule has 0 radical (unpaired) electrons. The standard InChI is InChI=1S/C7H11BrO3.Na.H/c8-3-7(4-10)5-11-6(7)1-2-9;;/h2,6,10H,1,3-5H2;;/q;+1;-1. The molecule has 1 saturated heterocycles. The van der Waals surface area contributed by atoms with Crippen molar-refractivity contribution >= 4 is 22.2 Å². The zero-order chi connectivity index (χ0) is 8.32. The maximum absolute atomic E-state index is 10.2. The molecule has 3 nitrogen and oxygen atoms in total. The van der Waals surface area contributed by atoms with Crippen molar-refractivity contribution < 1.29 is 45.6 Å². The molecular weight excluding hydrogens is 235 g/mol. The van der Waals surface area contributed by atoms with E-state index in [1.54, 1.807) is 0 Å². The minimum Gasteiger partial charge on any atom is -1.00 e. The van der Waals surface area contributed by atoms with E-state index in [-0.39, 0.29) is 49.1 Å². The molecule has 1 heterocycles. The molecule has 12 heavy (non-hydrogen) atoms. The summed E-state index contributed by atoms with van der Waals surface area (Å²) in [5.41, 5.74) is -0.207. The number of aliphatic hydroxyl groups excluding tert-OH is 1. The second-order valence-electron chi connectivity index (χ2n) is 2.86. The van der Waals surface area contributed by atoms with Crippen molar-refractivity contribution in [3.63, 3.8) is 0 Å². The Labute approximate surface area is 104 Å². The number of aliphatic hydroxyl groups is 1. The van der Waals surface area contributed by atoms with Crippen molar-refractivity contribution in [2.75, 3.05) is 18.5 Å². The molecule has 0 aromatic rings. The summed E-state index contributed by atoms with van der Waals surface area (Å²) in [5.74, 6) is 0. The molecule has 1 N–H and O–H groups in total. The number of carbonyl (C=O) groups excluding carboxylic acids is 1. The summed E-state index contributed by atoms with van der Waals surface area (Å²) in [6, 6.07) is 0. The van der Waals surface area contributed by atoms with Gasteiger partial charge in [0.1, 0.15) is 6.29 Å². The summed E-state index contributed by atoms with van der Waals surface area (Å²) >= 11 is 3.30. The number of alkyl halides is 1. The van der Waals surface area contributed by atoms with Gasteiger partial charge in [-0.05, 0) is 0 Å². The molecular formula is C7H12BrNaO3. The predicted molar refractivity (Wildman–Crippen MR) is 44.8 cm³/mol. The number of hydrogen-bond donors (Lipinski definition) is 1. The van der Waals surface area contributed by atoms with E-state index in [0.717, 1.165) is 6.29 Å². The third-order valence-corrected chi connectivity index (χ3v) is 3.26. The van der Waals surface area contributed by atoms with Gasteiger partial charge in [-0.25, -0.2) is 0 Å². The molecule has 0 amide bonds. The van der Waals surface area contributed by atoms with Gasteiger partial charge in [0.2, 0.25) is 0 Å². The average Bonchev–Trinajstić information content (AvgIpc) is 2.01. The Morgan fingerprint density at radius 1 is 1.83 bits per heavy atom. The van der Waals surface area contributed by atoms with Crippen LogP contribution in [0.3, 0.4) is 0 Å². The Hall–Kier alpha value is 1.07. The van der Waals surface area contributed by atoms with Gasteiger partial charge in [0.25, 0.3) is 0 Å². The molecule has 0 spiro atoms. The molecule has 1 rings (SSSR count). The Kier molecular flexibility index (Phi) is 6.24. The monoisotopic (exact) mass is 246 g/mol. The van der Waals surface area contributed by atoms with Crippen LogP contribution in [0.4, 0.5) is 0 Å². The Bertz CT molecular complexity index is 149. The van der Waals surface area contributed by atoms with Gasteiger partial charge >= 0.3 is 29.6 Å². The van der Waals surface area contributed by atoms with Crippen LogP contribution >= 0.6 is 15.9 Å². The minimum atomic E-state index is -0.207. The first-order chi connectivity index (χ1) is 5.29. The molecule has 2 unspecified atom stereocenters. The molecule has 66 valence electrons. The van der Waals surface area contributed by atoms with Crippen LogP contribution in [0.25, 0.3) is 0 Å². The SMILES string of the molecule is O=CCC1OCC1(CO)CBr.[H-].[Na+]. The Morgan fingerprint density at radius 3 is 2.75 bits per heavy atom. The van der Waals surface area contributed by atoms with Crippen molar-refractivity contribution in [2.24, 2.45) is 5.41 Å². The van der Waals surface area contributed by atoms with Gasteiger partial charge < -0.3 is 16.1 Å². The van der Waals surface area contributed by atoms with Gasteiger partial charge in [-0.1, -0.05) is 15.9 Å².